The summed E-state index contributed by atoms with van der Waals surface area (Å²) < 4.78 is 16.4. The third-order valence-electron chi connectivity index (χ3n) is 5.18. The van der Waals surface area contributed by atoms with E-state index in [0.717, 1.165) is 18.4 Å². The summed E-state index contributed by atoms with van der Waals surface area (Å²) in [4.78, 5) is 12.1. The van der Waals surface area contributed by atoms with Gasteiger partial charge in [0.05, 0.1) is 18.1 Å². The van der Waals surface area contributed by atoms with Gasteiger partial charge in [-0.3, -0.25) is 0 Å². The molecule has 0 aromatic carbocycles. The number of ether oxygens (including phenoxy) is 3. The molecule has 4 atom stereocenters. The van der Waals surface area contributed by atoms with Gasteiger partial charge in [-0.25, -0.2) is 4.79 Å². The molecule has 0 amide bonds. The fraction of sp³-hybridized carbons (Fsp3) is 0.611. The van der Waals surface area contributed by atoms with Crippen LogP contribution in [0.4, 0.5) is 0 Å². The Labute approximate surface area is 130 Å². The van der Waals surface area contributed by atoms with Crippen LogP contribution in [0.25, 0.3) is 0 Å². The smallest absolute Gasteiger partial charge is 0.336 e. The lowest BCUT2D eigenvalue weighted by atomic mass is 9.75. The number of fused-ring (bicyclic) bond motifs is 3. The van der Waals surface area contributed by atoms with Crippen LogP contribution in [0.3, 0.4) is 0 Å². The Hall–Kier alpha value is -1.55. The van der Waals surface area contributed by atoms with E-state index in [1.54, 1.807) is 6.26 Å². The molecule has 2 saturated heterocycles. The van der Waals surface area contributed by atoms with Crippen LogP contribution in [0.5, 0.6) is 0 Å². The summed E-state index contributed by atoms with van der Waals surface area (Å²) in [6, 6.07) is 0. The molecule has 3 fully saturated rings. The van der Waals surface area contributed by atoms with E-state index in [4.69, 9.17) is 14.2 Å². The zero-order valence-electron chi connectivity index (χ0n) is 13.1. The normalized spacial score (nSPS) is 42.4. The molecule has 0 spiro atoms. The quantitative estimate of drug-likeness (QED) is 0.550. The first-order chi connectivity index (χ1) is 10.5. The summed E-state index contributed by atoms with van der Waals surface area (Å²) in [5.74, 6) is -0.200. The van der Waals surface area contributed by atoms with Crippen LogP contribution in [0, 0.1) is 17.3 Å². The summed E-state index contributed by atoms with van der Waals surface area (Å²) in [6.45, 7) is 4.62. The van der Waals surface area contributed by atoms with Crippen molar-refractivity contribution >= 4 is 5.97 Å². The third kappa shape index (κ3) is 2.30. The predicted octanol–water partition coefficient (Wildman–Crippen LogP) is 3.45. The van der Waals surface area contributed by atoms with E-state index >= 15 is 0 Å². The minimum absolute atomic E-state index is 0.0373. The Bertz CT molecular complexity index is 584. The van der Waals surface area contributed by atoms with Crippen molar-refractivity contribution in [3.63, 3.8) is 0 Å². The van der Waals surface area contributed by atoms with Crippen LogP contribution in [0.2, 0.25) is 0 Å². The summed E-state index contributed by atoms with van der Waals surface area (Å²) in [7, 11) is 0. The molecule has 1 saturated carbocycles. The number of esters is 1. The molecule has 4 rings (SSSR count). The van der Waals surface area contributed by atoms with E-state index in [0.29, 0.717) is 5.41 Å². The second kappa shape index (κ2) is 4.98. The fourth-order valence-electron chi connectivity index (χ4n) is 4.08. The van der Waals surface area contributed by atoms with Crippen molar-refractivity contribution in [2.45, 2.75) is 52.1 Å². The van der Waals surface area contributed by atoms with Crippen LogP contribution in [-0.2, 0) is 19.0 Å². The maximum absolute atomic E-state index is 12.1. The molecular weight excluding hydrogens is 280 g/mol. The number of rotatable bonds is 1. The highest BCUT2D eigenvalue weighted by molar-refractivity contribution is 5.92. The van der Waals surface area contributed by atoms with Gasteiger partial charge in [0.15, 0.2) is 0 Å². The molecule has 4 aliphatic rings. The Balaban J connectivity index is 1.58. The maximum Gasteiger partial charge on any atom is 0.336 e. The Kier molecular flexibility index (Phi) is 3.19. The lowest BCUT2D eigenvalue weighted by Crippen LogP contribution is -2.18. The fourth-order valence-corrected chi connectivity index (χ4v) is 4.08. The molecule has 0 bridgehead atoms. The van der Waals surface area contributed by atoms with Crippen molar-refractivity contribution in [1.29, 1.82) is 0 Å². The van der Waals surface area contributed by atoms with Gasteiger partial charge in [-0.05, 0) is 37.2 Å². The average molecular weight is 302 g/mol. The highest BCUT2D eigenvalue weighted by Crippen LogP contribution is 2.46. The highest BCUT2D eigenvalue weighted by atomic mass is 16.8. The van der Waals surface area contributed by atoms with Crippen molar-refractivity contribution in [1.82, 2.24) is 0 Å². The first-order valence-electron chi connectivity index (χ1n) is 8.12. The molecule has 118 valence electrons. The van der Waals surface area contributed by atoms with Gasteiger partial charge in [0.1, 0.15) is 0 Å². The Morgan fingerprint density at radius 2 is 2.14 bits per heavy atom. The van der Waals surface area contributed by atoms with E-state index in [1.165, 1.54) is 18.4 Å². The molecule has 0 N–H and O–H groups in total. The van der Waals surface area contributed by atoms with Gasteiger partial charge in [-0.15, -0.1) is 0 Å². The number of carbonyl (C=O) groups is 1. The monoisotopic (exact) mass is 302 g/mol. The lowest BCUT2D eigenvalue weighted by Gasteiger charge is -2.31. The standard InChI is InChI=1S/C18H22O4/c1-18(2)8-3-4-11(10-18)5-6-12-14-13-7-9-20-16(13)22-17(14)21-15(12)19/h5-7,9,13-14,16-17H,3-4,8,10H2,1-2H3/b11-5+,12-6+/t13-,14+,16+,17-/m1/s1. The number of carbonyl (C=O) groups excluding carboxylic acids is 1. The van der Waals surface area contributed by atoms with Crippen molar-refractivity contribution < 1.29 is 19.0 Å². The van der Waals surface area contributed by atoms with Crippen molar-refractivity contribution in [3.8, 4) is 0 Å². The highest BCUT2D eigenvalue weighted by Gasteiger charge is 2.55. The zero-order chi connectivity index (χ0) is 15.3. The van der Waals surface area contributed by atoms with Crippen molar-refractivity contribution in [2.24, 2.45) is 17.3 Å². The van der Waals surface area contributed by atoms with Gasteiger partial charge in [0.2, 0.25) is 12.6 Å². The molecule has 22 heavy (non-hydrogen) atoms. The van der Waals surface area contributed by atoms with Crippen LogP contribution in [0.1, 0.15) is 39.5 Å². The first kappa shape index (κ1) is 14.1. The molecular formula is C18H22O4. The SMILES string of the molecule is CC1(C)CCC/C(=C\C=C2\C(=O)O[C@@H]3O[C@@H]4OC=C[C@@H]4[C@H]23)C1. The molecule has 0 radical (unpaired) electrons. The number of hydrogen-bond acceptors (Lipinski definition) is 4. The van der Waals surface area contributed by atoms with E-state index in [9.17, 15) is 4.79 Å². The molecule has 0 aromatic rings. The Morgan fingerprint density at radius 1 is 1.27 bits per heavy atom. The van der Waals surface area contributed by atoms with Crippen molar-refractivity contribution in [2.75, 3.05) is 0 Å². The van der Waals surface area contributed by atoms with Crippen molar-refractivity contribution in [3.05, 3.63) is 35.6 Å². The van der Waals surface area contributed by atoms with E-state index < -0.39 is 6.29 Å². The summed E-state index contributed by atoms with van der Waals surface area (Å²) >= 11 is 0. The molecule has 0 aromatic heterocycles. The molecule has 4 nitrogen and oxygen atoms in total. The van der Waals surface area contributed by atoms with Crippen LogP contribution in [0.15, 0.2) is 35.6 Å². The second-order valence-electron chi connectivity index (χ2n) is 7.49. The first-order valence-corrected chi connectivity index (χ1v) is 8.12. The zero-order valence-corrected chi connectivity index (χ0v) is 13.1. The largest absolute Gasteiger partial charge is 0.472 e. The second-order valence-corrected chi connectivity index (χ2v) is 7.49. The van der Waals surface area contributed by atoms with Gasteiger partial charge in [0, 0.05) is 5.57 Å². The van der Waals surface area contributed by atoms with Crippen LogP contribution >= 0.6 is 0 Å². The van der Waals surface area contributed by atoms with Gasteiger partial charge in [-0.1, -0.05) is 31.6 Å². The van der Waals surface area contributed by atoms with E-state index in [2.05, 4.69) is 19.9 Å². The molecule has 3 heterocycles. The minimum Gasteiger partial charge on any atom is -0.472 e. The Morgan fingerprint density at radius 3 is 2.95 bits per heavy atom. The number of hydrogen-bond donors (Lipinski definition) is 0. The molecule has 4 heteroatoms. The summed E-state index contributed by atoms with van der Waals surface area (Å²) in [5.41, 5.74) is 2.52. The van der Waals surface area contributed by atoms with E-state index in [1.807, 2.05) is 12.2 Å². The third-order valence-corrected chi connectivity index (χ3v) is 5.18. The lowest BCUT2D eigenvalue weighted by molar-refractivity contribution is -0.188. The molecule has 0 unspecified atom stereocenters. The average Bonchev–Trinajstić information content (AvgIpc) is 3.07. The van der Waals surface area contributed by atoms with Crippen LogP contribution in [-0.4, -0.2) is 18.5 Å². The minimum atomic E-state index is -0.486. The summed E-state index contributed by atoms with van der Waals surface area (Å²) in [5, 5.41) is 0. The molecule has 3 aliphatic heterocycles. The van der Waals surface area contributed by atoms with Gasteiger partial charge in [-0.2, -0.15) is 0 Å². The van der Waals surface area contributed by atoms with Gasteiger partial charge >= 0.3 is 5.97 Å². The predicted molar refractivity (Wildman–Crippen MR) is 80.4 cm³/mol. The topological polar surface area (TPSA) is 44.8 Å². The van der Waals surface area contributed by atoms with Crippen LogP contribution < -0.4 is 0 Å². The molecule has 1 aliphatic carbocycles. The maximum atomic E-state index is 12.1. The van der Waals surface area contributed by atoms with Gasteiger partial charge < -0.3 is 14.2 Å². The van der Waals surface area contributed by atoms with Gasteiger partial charge in [0.25, 0.3) is 0 Å². The van der Waals surface area contributed by atoms with E-state index in [-0.39, 0.29) is 24.1 Å². The summed E-state index contributed by atoms with van der Waals surface area (Å²) in [6.07, 6.45) is 11.7. The number of allylic oxidation sites excluding steroid dienone is 3.